The predicted octanol–water partition coefficient (Wildman–Crippen LogP) is 2.95. The van der Waals surface area contributed by atoms with E-state index >= 15 is 0 Å². The Bertz CT molecular complexity index is 420. The van der Waals surface area contributed by atoms with E-state index in [1.54, 1.807) is 16.2 Å². The second-order valence-corrected chi connectivity index (χ2v) is 7.24. The van der Waals surface area contributed by atoms with Gasteiger partial charge in [0.2, 0.25) is 5.91 Å². The molecule has 0 aliphatic rings. The molecule has 102 valence electrons. The van der Waals surface area contributed by atoms with E-state index in [0.717, 1.165) is 0 Å². The summed E-state index contributed by atoms with van der Waals surface area (Å²) in [6.07, 6.45) is 0. The van der Waals surface area contributed by atoms with E-state index in [1.807, 2.05) is 34.7 Å². The monoisotopic (exact) mass is 268 g/mol. The average Bonchev–Trinajstić information content (AvgIpc) is 2.70. The number of amides is 1. The van der Waals surface area contributed by atoms with Gasteiger partial charge in [0.05, 0.1) is 12.1 Å². The summed E-state index contributed by atoms with van der Waals surface area (Å²) in [5, 5.41) is 0. The number of carbonyl (C=O) groups excluding carboxylic acids is 1. The number of nitrogens with zero attached hydrogens (tertiary/aromatic N) is 1. The van der Waals surface area contributed by atoms with Gasteiger partial charge in [-0.2, -0.15) is 0 Å². The van der Waals surface area contributed by atoms with Crippen molar-refractivity contribution in [1.29, 1.82) is 0 Å². The first-order chi connectivity index (χ1) is 8.14. The van der Waals surface area contributed by atoms with Crippen LogP contribution in [0, 0.1) is 12.3 Å². The van der Waals surface area contributed by atoms with E-state index in [-0.39, 0.29) is 17.4 Å². The third kappa shape index (κ3) is 3.33. The minimum Gasteiger partial charge on any atom is -0.337 e. The first-order valence-electron chi connectivity index (χ1n) is 6.23. The lowest BCUT2D eigenvalue weighted by Gasteiger charge is -2.32. The highest BCUT2D eigenvalue weighted by Crippen LogP contribution is 2.28. The lowest BCUT2D eigenvalue weighted by molar-refractivity contribution is -0.135. The van der Waals surface area contributed by atoms with Gasteiger partial charge in [0.1, 0.15) is 0 Å². The van der Waals surface area contributed by atoms with Gasteiger partial charge in [0, 0.05) is 16.8 Å². The Morgan fingerprint density at radius 1 is 1.39 bits per heavy atom. The molecule has 2 atom stereocenters. The topological polar surface area (TPSA) is 46.3 Å². The molecule has 0 saturated heterocycles. The van der Waals surface area contributed by atoms with Crippen LogP contribution >= 0.6 is 11.3 Å². The summed E-state index contributed by atoms with van der Waals surface area (Å²) >= 11 is 1.73. The van der Waals surface area contributed by atoms with Crippen LogP contribution in [0.25, 0.3) is 0 Å². The van der Waals surface area contributed by atoms with Crippen molar-refractivity contribution in [2.45, 2.75) is 46.7 Å². The molecule has 4 heteroatoms. The maximum Gasteiger partial charge on any atom is 0.240 e. The molecule has 1 heterocycles. The molecule has 0 aromatic carbocycles. The summed E-state index contributed by atoms with van der Waals surface area (Å²) in [4.78, 5) is 16.5. The van der Waals surface area contributed by atoms with E-state index in [0.29, 0.717) is 0 Å². The quantitative estimate of drug-likeness (QED) is 0.916. The number of carbonyl (C=O) groups is 1. The van der Waals surface area contributed by atoms with E-state index < -0.39 is 6.04 Å². The van der Waals surface area contributed by atoms with Crippen molar-refractivity contribution >= 4 is 17.2 Å². The zero-order valence-electron chi connectivity index (χ0n) is 12.2. The fraction of sp³-hybridized carbons (Fsp3) is 0.643. The first kappa shape index (κ1) is 15.2. The van der Waals surface area contributed by atoms with Crippen molar-refractivity contribution in [1.82, 2.24) is 4.90 Å². The molecule has 0 saturated carbocycles. The van der Waals surface area contributed by atoms with E-state index in [2.05, 4.69) is 19.1 Å². The van der Waals surface area contributed by atoms with Gasteiger partial charge in [0.15, 0.2) is 0 Å². The van der Waals surface area contributed by atoms with Crippen molar-refractivity contribution in [3.63, 3.8) is 0 Å². The molecule has 0 aliphatic heterocycles. The molecule has 0 spiro atoms. The molecule has 18 heavy (non-hydrogen) atoms. The molecule has 0 bridgehead atoms. The maximum absolute atomic E-state index is 12.3. The van der Waals surface area contributed by atoms with Crippen LogP contribution in [-0.2, 0) is 4.79 Å². The van der Waals surface area contributed by atoms with Crippen molar-refractivity contribution in [2.24, 2.45) is 11.1 Å². The highest BCUT2D eigenvalue weighted by atomic mass is 32.1. The summed E-state index contributed by atoms with van der Waals surface area (Å²) in [7, 11) is 1.83. The highest BCUT2D eigenvalue weighted by Gasteiger charge is 2.31. The Morgan fingerprint density at radius 2 is 1.94 bits per heavy atom. The molecule has 2 unspecified atom stereocenters. The van der Waals surface area contributed by atoms with Crippen LogP contribution in [0.5, 0.6) is 0 Å². The van der Waals surface area contributed by atoms with Crippen LogP contribution in [-0.4, -0.2) is 23.9 Å². The van der Waals surface area contributed by atoms with Crippen LogP contribution in [0.4, 0.5) is 0 Å². The van der Waals surface area contributed by atoms with Crippen molar-refractivity contribution < 1.29 is 4.79 Å². The van der Waals surface area contributed by atoms with Gasteiger partial charge in [-0.1, -0.05) is 20.8 Å². The molecule has 1 aromatic heterocycles. The summed E-state index contributed by atoms with van der Waals surface area (Å²) in [5.41, 5.74) is 5.82. The largest absolute Gasteiger partial charge is 0.337 e. The van der Waals surface area contributed by atoms with Crippen molar-refractivity contribution in [3.05, 3.63) is 21.9 Å². The number of hydrogen-bond donors (Lipinski definition) is 1. The van der Waals surface area contributed by atoms with Crippen molar-refractivity contribution in [2.75, 3.05) is 7.05 Å². The van der Waals surface area contributed by atoms with Crippen LogP contribution in [0.15, 0.2) is 12.1 Å². The fourth-order valence-electron chi connectivity index (χ4n) is 1.65. The predicted molar refractivity (Wildman–Crippen MR) is 77.7 cm³/mol. The molecular weight excluding hydrogens is 244 g/mol. The Balaban J connectivity index is 2.81. The molecule has 0 radical (unpaired) electrons. The number of thiophene rings is 1. The van der Waals surface area contributed by atoms with Crippen LogP contribution in [0.1, 0.15) is 43.5 Å². The van der Waals surface area contributed by atoms with Gasteiger partial charge in [0.25, 0.3) is 0 Å². The first-order valence-corrected chi connectivity index (χ1v) is 7.05. The Hall–Kier alpha value is -0.870. The summed E-state index contributed by atoms with van der Waals surface area (Å²) in [6, 6.07) is 3.77. The molecule has 3 nitrogen and oxygen atoms in total. The average molecular weight is 268 g/mol. The maximum atomic E-state index is 12.3. The van der Waals surface area contributed by atoms with Crippen LogP contribution in [0.3, 0.4) is 0 Å². The normalized spacial score (nSPS) is 15.3. The molecule has 1 rings (SSSR count). The zero-order chi connectivity index (χ0) is 14.1. The molecular formula is C14H24N2OS. The minimum atomic E-state index is -0.467. The number of likely N-dealkylation sites (N-methyl/N-ethyl adjacent to an activating group) is 1. The summed E-state index contributed by atoms with van der Waals surface area (Å²) < 4.78 is 0. The summed E-state index contributed by atoms with van der Waals surface area (Å²) in [5.74, 6) is 0.000975. The lowest BCUT2D eigenvalue weighted by atomic mass is 9.86. The van der Waals surface area contributed by atoms with Crippen LogP contribution in [0.2, 0.25) is 0 Å². The SMILES string of the molecule is Cc1ccc(C(C)N(C)C(=O)C(N)C(C)(C)C)s1. The standard InChI is InChI=1S/C14H24N2OS/c1-9-7-8-11(18-9)10(2)16(6)13(17)12(15)14(3,4)5/h7-8,10,12H,15H2,1-6H3. The number of nitrogens with two attached hydrogens (primary N) is 1. The number of aryl methyl sites for hydroxylation is 1. The second kappa shape index (κ2) is 5.41. The summed E-state index contributed by atoms with van der Waals surface area (Å²) in [6.45, 7) is 10.1. The van der Waals surface area contributed by atoms with Gasteiger partial charge in [-0.15, -0.1) is 11.3 Å². The third-order valence-electron chi connectivity index (χ3n) is 3.30. The van der Waals surface area contributed by atoms with E-state index in [1.165, 1.54) is 9.75 Å². The lowest BCUT2D eigenvalue weighted by Crippen LogP contribution is -2.49. The Labute approximate surface area is 114 Å². The van der Waals surface area contributed by atoms with Gasteiger partial charge in [-0.05, 0) is 31.4 Å². The van der Waals surface area contributed by atoms with Crippen molar-refractivity contribution in [3.8, 4) is 0 Å². The fourth-order valence-corrected chi connectivity index (χ4v) is 2.62. The van der Waals surface area contributed by atoms with E-state index in [4.69, 9.17) is 5.73 Å². The molecule has 2 N–H and O–H groups in total. The molecule has 0 aliphatic carbocycles. The van der Waals surface area contributed by atoms with Crippen LogP contribution < -0.4 is 5.73 Å². The van der Waals surface area contributed by atoms with Gasteiger partial charge in [-0.3, -0.25) is 4.79 Å². The second-order valence-electron chi connectivity index (χ2n) is 5.92. The molecule has 1 amide bonds. The number of hydrogen-bond acceptors (Lipinski definition) is 3. The smallest absolute Gasteiger partial charge is 0.240 e. The minimum absolute atomic E-state index is 0.000975. The van der Waals surface area contributed by atoms with Gasteiger partial charge >= 0.3 is 0 Å². The number of rotatable bonds is 3. The Kier molecular flexibility index (Phi) is 4.56. The highest BCUT2D eigenvalue weighted by molar-refractivity contribution is 7.12. The van der Waals surface area contributed by atoms with Gasteiger partial charge in [-0.25, -0.2) is 0 Å². The van der Waals surface area contributed by atoms with Gasteiger partial charge < -0.3 is 10.6 Å². The zero-order valence-corrected chi connectivity index (χ0v) is 13.0. The third-order valence-corrected chi connectivity index (χ3v) is 4.47. The molecule has 0 fully saturated rings. The Morgan fingerprint density at radius 3 is 2.33 bits per heavy atom. The van der Waals surface area contributed by atoms with E-state index in [9.17, 15) is 4.79 Å². The molecule has 1 aromatic rings.